The lowest BCUT2D eigenvalue weighted by molar-refractivity contribution is -0.126. The van der Waals surface area contributed by atoms with E-state index in [1.807, 2.05) is 0 Å². The highest BCUT2D eigenvalue weighted by Gasteiger charge is 2.15. The molecule has 0 spiro atoms. The third kappa shape index (κ3) is 5.42. The largest absolute Gasteiger partial charge is 0.345 e. The Morgan fingerprint density at radius 1 is 1.43 bits per heavy atom. The van der Waals surface area contributed by atoms with Crippen LogP contribution in [0.2, 0.25) is 0 Å². The number of ketones is 1. The highest BCUT2D eigenvalue weighted by molar-refractivity contribution is 5.88. The topological polar surface area (TPSA) is 75.3 Å². The second-order valence-electron chi connectivity index (χ2n) is 3.01. The molecule has 0 aromatic rings. The van der Waals surface area contributed by atoms with Crippen LogP contribution in [0.25, 0.3) is 0 Å². The van der Waals surface area contributed by atoms with Crippen LogP contribution in [-0.4, -0.2) is 37.6 Å². The van der Waals surface area contributed by atoms with Gasteiger partial charge in [-0.2, -0.15) is 0 Å². The van der Waals surface area contributed by atoms with Gasteiger partial charge in [0.05, 0.1) is 12.6 Å². The van der Waals surface area contributed by atoms with Gasteiger partial charge in [0.15, 0.2) is 5.78 Å². The Balaban J connectivity index is 4.01. The minimum absolute atomic E-state index is 0.128. The van der Waals surface area contributed by atoms with Gasteiger partial charge in [0, 0.05) is 6.42 Å². The van der Waals surface area contributed by atoms with Crippen LogP contribution in [0.15, 0.2) is 0 Å². The first kappa shape index (κ1) is 12.8. The van der Waals surface area contributed by atoms with Crippen molar-refractivity contribution < 1.29 is 14.4 Å². The van der Waals surface area contributed by atoms with Gasteiger partial charge in [-0.15, -0.1) is 0 Å². The molecular weight excluding hydrogens is 184 g/mol. The summed E-state index contributed by atoms with van der Waals surface area (Å²) in [5.74, 6) is -0.366. The number of Topliss-reactive ketones (excluding diaryl/α,β-unsaturated/α-hetero) is 1. The van der Waals surface area contributed by atoms with E-state index in [0.717, 1.165) is 6.29 Å². The first-order valence-corrected chi connectivity index (χ1v) is 4.49. The molecule has 1 atom stereocenters. The number of hydrogen-bond acceptors (Lipinski definition) is 4. The molecule has 0 saturated heterocycles. The molecule has 0 aliphatic rings. The first-order valence-electron chi connectivity index (χ1n) is 4.49. The van der Waals surface area contributed by atoms with Crippen LogP contribution in [0, 0.1) is 0 Å². The monoisotopic (exact) mass is 200 g/mol. The zero-order valence-corrected chi connectivity index (χ0v) is 8.50. The standard InChI is InChI=1S/C9H16N2O3/c1-7(13)8(4-3-5-12)11-9(14)6-10-2/h5,8,10H,3-4,6H2,1-2H3,(H,11,14). The quantitative estimate of drug-likeness (QED) is 0.531. The van der Waals surface area contributed by atoms with Crippen LogP contribution in [-0.2, 0) is 14.4 Å². The third-order valence-electron chi connectivity index (χ3n) is 1.74. The van der Waals surface area contributed by atoms with Crippen molar-refractivity contribution in [1.82, 2.24) is 10.6 Å². The molecule has 14 heavy (non-hydrogen) atoms. The average molecular weight is 200 g/mol. The number of carbonyl (C=O) groups is 3. The van der Waals surface area contributed by atoms with Gasteiger partial charge in [0.25, 0.3) is 0 Å². The minimum atomic E-state index is -0.541. The van der Waals surface area contributed by atoms with E-state index in [-0.39, 0.29) is 24.7 Å². The van der Waals surface area contributed by atoms with Crippen molar-refractivity contribution in [3.63, 3.8) is 0 Å². The molecule has 2 N–H and O–H groups in total. The summed E-state index contributed by atoms with van der Waals surface area (Å²) >= 11 is 0. The normalized spacial score (nSPS) is 11.9. The van der Waals surface area contributed by atoms with E-state index >= 15 is 0 Å². The Morgan fingerprint density at radius 3 is 2.50 bits per heavy atom. The summed E-state index contributed by atoms with van der Waals surface area (Å²) in [6.45, 7) is 1.57. The van der Waals surface area contributed by atoms with Gasteiger partial charge in [0.2, 0.25) is 5.91 Å². The van der Waals surface area contributed by atoms with Crippen molar-refractivity contribution in [3.8, 4) is 0 Å². The molecule has 0 aliphatic heterocycles. The number of likely N-dealkylation sites (N-methyl/N-ethyl adjacent to an activating group) is 1. The van der Waals surface area contributed by atoms with Crippen LogP contribution < -0.4 is 10.6 Å². The number of hydrogen-bond donors (Lipinski definition) is 2. The fourth-order valence-corrected chi connectivity index (χ4v) is 1.02. The van der Waals surface area contributed by atoms with Crippen LogP contribution in [0.4, 0.5) is 0 Å². The van der Waals surface area contributed by atoms with Gasteiger partial charge < -0.3 is 15.4 Å². The Labute approximate surface area is 83.2 Å². The highest BCUT2D eigenvalue weighted by atomic mass is 16.2. The number of aldehydes is 1. The lowest BCUT2D eigenvalue weighted by Gasteiger charge is -2.14. The molecule has 0 radical (unpaired) electrons. The van der Waals surface area contributed by atoms with E-state index in [1.165, 1.54) is 6.92 Å². The zero-order valence-electron chi connectivity index (χ0n) is 8.50. The Kier molecular flexibility index (Phi) is 6.57. The molecule has 80 valence electrons. The van der Waals surface area contributed by atoms with Crippen LogP contribution in [0.3, 0.4) is 0 Å². The SMILES string of the molecule is CNCC(=O)NC(CCC=O)C(C)=O. The lowest BCUT2D eigenvalue weighted by atomic mass is 10.1. The van der Waals surface area contributed by atoms with Gasteiger partial charge in [0.1, 0.15) is 6.29 Å². The van der Waals surface area contributed by atoms with Crippen LogP contribution in [0.1, 0.15) is 19.8 Å². The van der Waals surface area contributed by atoms with Gasteiger partial charge >= 0.3 is 0 Å². The van der Waals surface area contributed by atoms with E-state index < -0.39 is 6.04 Å². The number of nitrogens with one attached hydrogen (secondary N) is 2. The number of amides is 1. The van der Waals surface area contributed by atoms with Gasteiger partial charge in [-0.25, -0.2) is 0 Å². The van der Waals surface area contributed by atoms with Crippen molar-refractivity contribution in [1.29, 1.82) is 0 Å². The van der Waals surface area contributed by atoms with Crippen LogP contribution >= 0.6 is 0 Å². The summed E-state index contributed by atoms with van der Waals surface area (Å²) in [6, 6.07) is -0.541. The maximum Gasteiger partial charge on any atom is 0.234 e. The van der Waals surface area contributed by atoms with Gasteiger partial charge in [-0.1, -0.05) is 0 Å². The molecule has 1 unspecified atom stereocenters. The molecule has 0 fully saturated rings. The van der Waals surface area contributed by atoms with E-state index in [1.54, 1.807) is 7.05 Å². The average Bonchev–Trinajstić information content (AvgIpc) is 2.12. The molecule has 0 saturated carbocycles. The van der Waals surface area contributed by atoms with Gasteiger partial charge in [-0.3, -0.25) is 9.59 Å². The molecular formula is C9H16N2O3. The fraction of sp³-hybridized carbons (Fsp3) is 0.667. The second kappa shape index (κ2) is 7.20. The van der Waals surface area contributed by atoms with Gasteiger partial charge in [-0.05, 0) is 20.4 Å². The Hall–Kier alpha value is -1.23. The zero-order chi connectivity index (χ0) is 11.0. The second-order valence-corrected chi connectivity index (χ2v) is 3.01. The number of rotatable bonds is 7. The first-order chi connectivity index (χ1) is 6.61. The van der Waals surface area contributed by atoms with E-state index in [4.69, 9.17) is 0 Å². The molecule has 0 aromatic carbocycles. The molecule has 5 heteroatoms. The smallest absolute Gasteiger partial charge is 0.234 e. The molecule has 1 amide bonds. The van der Waals surface area contributed by atoms with Crippen molar-refractivity contribution in [2.75, 3.05) is 13.6 Å². The summed E-state index contributed by atoms with van der Waals surface area (Å²) in [6.07, 6.45) is 1.39. The van der Waals surface area contributed by atoms with Crippen molar-refractivity contribution in [3.05, 3.63) is 0 Å². The van der Waals surface area contributed by atoms with Crippen molar-refractivity contribution >= 4 is 18.0 Å². The van der Waals surface area contributed by atoms with Crippen molar-refractivity contribution in [2.24, 2.45) is 0 Å². The van der Waals surface area contributed by atoms with E-state index in [0.29, 0.717) is 6.42 Å². The summed E-state index contributed by atoms with van der Waals surface area (Å²) < 4.78 is 0. The molecule has 0 aliphatic carbocycles. The minimum Gasteiger partial charge on any atom is -0.345 e. The maximum absolute atomic E-state index is 11.1. The van der Waals surface area contributed by atoms with Crippen molar-refractivity contribution in [2.45, 2.75) is 25.8 Å². The summed E-state index contributed by atoms with van der Waals surface area (Å²) in [7, 11) is 1.65. The fourth-order valence-electron chi connectivity index (χ4n) is 1.02. The molecule has 0 bridgehead atoms. The Morgan fingerprint density at radius 2 is 2.07 bits per heavy atom. The summed E-state index contributed by atoms with van der Waals surface area (Å²) in [5, 5.41) is 5.22. The number of carbonyl (C=O) groups excluding carboxylic acids is 3. The predicted molar refractivity (Wildman–Crippen MR) is 51.8 cm³/mol. The summed E-state index contributed by atoms with van der Waals surface area (Å²) in [5.41, 5.74) is 0. The van der Waals surface area contributed by atoms with Crippen LogP contribution in [0.5, 0.6) is 0 Å². The maximum atomic E-state index is 11.1. The lowest BCUT2D eigenvalue weighted by Crippen LogP contribution is -2.43. The molecule has 5 nitrogen and oxygen atoms in total. The van der Waals surface area contributed by atoms with E-state index in [2.05, 4.69) is 10.6 Å². The van der Waals surface area contributed by atoms with E-state index in [9.17, 15) is 14.4 Å². The molecule has 0 heterocycles. The molecule has 0 rings (SSSR count). The molecule has 0 aromatic heterocycles. The summed E-state index contributed by atoms with van der Waals surface area (Å²) in [4.78, 5) is 32.3. The predicted octanol–water partition coefficient (Wildman–Crippen LogP) is -0.741. The third-order valence-corrected chi connectivity index (χ3v) is 1.74. The highest BCUT2D eigenvalue weighted by Crippen LogP contribution is 1.96. The Bertz CT molecular complexity index is 216.